The van der Waals surface area contributed by atoms with Crippen LogP contribution < -0.4 is 10.6 Å². The van der Waals surface area contributed by atoms with E-state index in [1.807, 2.05) is 0 Å². The molecule has 1 aromatic rings. The van der Waals surface area contributed by atoms with Gasteiger partial charge < -0.3 is 15.7 Å². The van der Waals surface area contributed by atoms with E-state index in [1.165, 1.54) is 24.3 Å². The summed E-state index contributed by atoms with van der Waals surface area (Å²) in [6.45, 7) is 3.44. The summed E-state index contributed by atoms with van der Waals surface area (Å²) in [5.41, 5.74) is 0.371. The largest absolute Gasteiger partial charge is 0.396 e. The lowest BCUT2D eigenvalue weighted by atomic mass is 10.1. The summed E-state index contributed by atoms with van der Waals surface area (Å²) in [4.78, 5) is 11.7. The fourth-order valence-corrected chi connectivity index (χ4v) is 1.66. The van der Waals surface area contributed by atoms with Crippen LogP contribution in [-0.4, -0.2) is 30.0 Å². The van der Waals surface area contributed by atoms with Gasteiger partial charge >= 0.3 is 12.2 Å². The van der Waals surface area contributed by atoms with Crippen LogP contribution >= 0.6 is 0 Å². The van der Waals surface area contributed by atoms with E-state index in [1.54, 1.807) is 13.8 Å². The number of amides is 2. The summed E-state index contributed by atoms with van der Waals surface area (Å²) < 4.78 is 36.9. The van der Waals surface area contributed by atoms with E-state index in [9.17, 15) is 18.0 Å². The van der Waals surface area contributed by atoms with Crippen LogP contribution in [0.1, 0.15) is 19.4 Å². The molecule has 0 aliphatic rings. The third-order valence-electron chi connectivity index (χ3n) is 3.09. The Morgan fingerprint density at radius 2 is 2.00 bits per heavy atom. The maximum Gasteiger partial charge on any atom is 0.393 e. The molecule has 0 radical (unpaired) electrons. The Balaban J connectivity index is 2.62. The lowest BCUT2D eigenvalue weighted by molar-refractivity contribution is -0.127. The second-order valence-corrected chi connectivity index (χ2v) is 5.04. The van der Waals surface area contributed by atoms with Crippen LogP contribution in [0.4, 0.5) is 23.7 Å². The third-order valence-corrected chi connectivity index (χ3v) is 3.09. The van der Waals surface area contributed by atoms with Gasteiger partial charge in [-0.2, -0.15) is 13.2 Å². The smallest absolute Gasteiger partial charge is 0.393 e. The van der Waals surface area contributed by atoms with Gasteiger partial charge in [0.2, 0.25) is 0 Å². The zero-order chi connectivity index (χ0) is 16.0. The molecule has 0 saturated heterocycles. The molecular weight excluding hydrogens is 285 g/mol. The van der Waals surface area contributed by atoms with Gasteiger partial charge in [0.25, 0.3) is 0 Å². The van der Waals surface area contributed by atoms with Crippen molar-refractivity contribution in [3.05, 3.63) is 29.8 Å². The average Bonchev–Trinajstić information content (AvgIpc) is 2.35. The van der Waals surface area contributed by atoms with E-state index in [2.05, 4.69) is 10.6 Å². The van der Waals surface area contributed by atoms with Crippen molar-refractivity contribution >= 4 is 11.7 Å². The molecule has 21 heavy (non-hydrogen) atoms. The van der Waals surface area contributed by atoms with Crippen molar-refractivity contribution in [3.63, 3.8) is 0 Å². The molecule has 0 heterocycles. The number of rotatable bonds is 5. The lowest BCUT2D eigenvalue weighted by Gasteiger charge is -2.19. The summed E-state index contributed by atoms with van der Waals surface area (Å²) in [5, 5.41) is 14.1. The fourth-order valence-electron chi connectivity index (χ4n) is 1.66. The highest BCUT2D eigenvalue weighted by Crippen LogP contribution is 2.22. The molecule has 0 bridgehead atoms. The predicted octanol–water partition coefficient (Wildman–Crippen LogP) is 2.93. The molecular formula is C14H19F3N2O2. The topological polar surface area (TPSA) is 61.4 Å². The highest BCUT2D eigenvalue weighted by Gasteiger charge is 2.27. The minimum Gasteiger partial charge on any atom is -0.396 e. The number of halogens is 3. The first-order chi connectivity index (χ1) is 9.71. The molecule has 118 valence electrons. The van der Waals surface area contributed by atoms with Gasteiger partial charge in [0.05, 0.1) is 6.42 Å². The molecule has 0 fully saturated rings. The Bertz CT molecular complexity index is 478. The van der Waals surface area contributed by atoms with Crippen molar-refractivity contribution < 1.29 is 23.1 Å². The predicted molar refractivity (Wildman–Crippen MR) is 74.1 cm³/mol. The Labute approximate surface area is 121 Å². The van der Waals surface area contributed by atoms with Gasteiger partial charge in [-0.25, -0.2) is 4.79 Å². The molecule has 2 atom stereocenters. The number of carbonyl (C=O) groups excluding carboxylic acids is 1. The summed E-state index contributed by atoms with van der Waals surface area (Å²) in [6.07, 6.45) is -5.33. The highest BCUT2D eigenvalue weighted by atomic mass is 19.4. The maximum atomic E-state index is 12.3. The second-order valence-electron chi connectivity index (χ2n) is 5.04. The van der Waals surface area contributed by atoms with E-state index >= 15 is 0 Å². The number of carbonyl (C=O) groups is 1. The Hall–Kier alpha value is -1.76. The van der Waals surface area contributed by atoms with Gasteiger partial charge in [-0.05, 0) is 30.5 Å². The van der Waals surface area contributed by atoms with Crippen molar-refractivity contribution in [2.24, 2.45) is 5.92 Å². The SMILES string of the molecule is CC(CO)C(C)NC(=O)Nc1cccc(CC(F)(F)F)c1. The third kappa shape index (κ3) is 6.48. The van der Waals surface area contributed by atoms with Crippen molar-refractivity contribution in [2.75, 3.05) is 11.9 Å². The van der Waals surface area contributed by atoms with Crippen LogP contribution in [0.25, 0.3) is 0 Å². The second kappa shape index (κ2) is 7.31. The number of aliphatic hydroxyl groups is 1. The van der Waals surface area contributed by atoms with Crippen LogP contribution in [0.3, 0.4) is 0 Å². The molecule has 0 aliphatic carbocycles. The molecule has 0 aromatic heterocycles. The Kier molecular flexibility index (Phi) is 6.02. The van der Waals surface area contributed by atoms with Gasteiger partial charge in [0.1, 0.15) is 0 Å². The van der Waals surface area contributed by atoms with Crippen LogP contribution in [0.2, 0.25) is 0 Å². The zero-order valence-corrected chi connectivity index (χ0v) is 11.9. The van der Waals surface area contributed by atoms with Crippen LogP contribution in [0, 0.1) is 5.92 Å². The number of aliphatic hydroxyl groups excluding tert-OH is 1. The number of hydrogen-bond donors (Lipinski definition) is 3. The van der Waals surface area contributed by atoms with Crippen molar-refractivity contribution in [1.82, 2.24) is 5.32 Å². The molecule has 3 N–H and O–H groups in total. The molecule has 1 rings (SSSR count). The lowest BCUT2D eigenvalue weighted by Crippen LogP contribution is -2.40. The summed E-state index contributed by atoms with van der Waals surface area (Å²) in [7, 11) is 0. The fraction of sp³-hybridized carbons (Fsp3) is 0.500. The first-order valence-corrected chi connectivity index (χ1v) is 6.55. The first-order valence-electron chi connectivity index (χ1n) is 6.55. The van der Waals surface area contributed by atoms with Gasteiger partial charge in [0, 0.05) is 18.3 Å². The molecule has 0 saturated carbocycles. The van der Waals surface area contributed by atoms with Crippen LogP contribution in [0.15, 0.2) is 24.3 Å². The molecule has 4 nitrogen and oxygen atoms in total. The number of benzene rings is 1. The molecule has 0 spiro atoms. The van der Waals surface area contributed by atoms with Gasteiger partial charge in [-0.3, -0.25) is 0 Å². The first kappa shape index (κ1) is 17.3. The number of anilines is 1. The average molecular weight is 304 g/mol. The van der Waals surface area contributed by atoms with Gasteiger partial charge in [-0.15, -0.1) is 0 Å². The van der Waals surface area contributed by atoms with Crippen LogP contribution in [-0.2, 0) is 6.42 Å². The van der Waals surface area contributed by atoms with Crippen LogP contribution in [0.5, 0.6) is 0 Å². The monoisotopic (exact) mass is 304 g/mol. The van der Waals surface area contributed by atoms with E-state index in [0.717, 1.165) is 0 Å². The van der Waals surface area contributed by atoms with Crippen molar-refractivity contribution in [2.45, 2.75) is 32.5 Å². The Morgan fingerprint density at radius 1 is 1.33 bits per heavy atom. The zero-order valence-electron chi connectivity index (χ0n) is 11.9. The van der Waals surface area contributed by atoms with E-state index in [-0.39, 0.29) is 29.8 Å². The Morgan fingerprint density at radius 3 is 2.57 bits per heavy atom. The standard InChI is InChI=1S/C14H19F3N2O2/c1-9(8-20)10(2)18-13(21)19-12-5-3-4-11(6-12)7-14(15,16)17/h3-6,9-10,20H,7-8H2,1-2H3,(H2,18,19,21). The normalized spacial score (nSPS) is 14.4. The molecule has 0 aliphatic heterocycles. The quantitative estimate of drug-likeness (QED) is 0.783. The number of urea groups is 1. The number of alkyl halides is 3. The van der Waals surface area contributed by atoms with E-state index in [0.29, 0.717) is 0 Å². The molecule has 2 amide bonds. The van der Waals surface area contributed by atoms with Gasteiger partial charge in [-0.1, -0.05) is 19.1 Å². The summed E-state index contributed by atoms with van der Waals surface area (Å²) in [6, 6.07) is 4.83. The minimum absolute atomic E-state index is 0.0669. The summed E-state index contributed by atoms with van der Waals surface area (Å²) in [5.74, 6) is -0.118. The van der Waals surface area contributed by atoms with E-state index < -0.39 is 18.6 Å². The summed E-state index contributed by atoms with van der Waals surface area (Å²) >= 11 is 0. The van der Waals surface area contributed by atoms with E-state index in [4.69, 9.17) is 5.11 Å². The highest BCUT2D eigenvalue weighted by molar-refractivity contribution is 5.89. The maximum absolute atomic E-state index is 12.3. The number of hydrogen-bond acceptors (Lipinski definition) is 2. The molecule has 2 unspecified atom stereocenters. The molecule has 7 heteroatoms. The minimum atomic E-state index is -4.29. The number of nitrogens with one attached hydrogen (secondary N) is 2. The molecule has 1 aromatic carbocycles. The van der Waals surface area contributed by atoms with Crippen molar-refractivity contribution in [3.8, 4) is 0 Å². The van der Waals surface area contributed by atoms with Gasteiger partial charge in [0.15, 0.2) is 0 Å². The van der Waals surface area contributed by atoms with Crippen molar-refractivity contribution in [1.29, 1.82) is 0 Å².